The molecule has 0 unspecified atom stereocenters. The summed E-state index contributed by atoms with van der Waals surface area (Å²) in [6, 6.07) is 9.64. The molecule has 0 bridgehead atoms. The minimum absolute atomic E-state index is 0.132. The summed E-state index contributed by atoms with van der Waals surface area (Å²) in [6.07, 6.45) is 5.56. The lowest BCUT2D eigenvalue weighted by atomic mass is 10.1. The summed E-state index contributed by atoms with van der Waals surface area (Å²) in [7, 11) is 0. The molecular formula is C20H25N3O2. The van der Waals surface area contributed by atoms with Crippen LogP contribution in [0.4, 0.5) is 0 Å². The number of nitrogens with one attached hydrogen (secondary N) is 1. The molecule has 5 nitrogen and oxygen atoms in total. The van der Waals surface area contributed by atoms with Gasteiger partial charge >= 0.3 is 0 Å². The molecular weight excluding hydrogens is 314 g/mol. The normalized spacial score (nSPS) is 13.6. The first kappa shape index (κ1) is 17.4. The van der Waals surface area contributed by atoms with Crippen LogP contribution in [-0.2, 0) is 17.8 Å². The first-order valence-corrected chi connectivity index (χ1v) is 9.14. The lowest BCUT2D eigenvalue weighted by molar-refractivity contribution is -0.132. The number of unbranched alkanes of at least 4 members (excludes halogenated alkanes) is 3. The van der Waals surface area contributed by atoms with Crippen molar-refractivity contribution in [2.75, 3.05) is 6.54 Å². The van der Waals surface area contributed by atoms with Crippen molar-refractivity contribution in [1.82, 2.24) is 14.9 Å². The molecule has 1 N–H and O–H groups in total. The third kappa shape index (κ3) is 4.16. The predicted molar refractivity (Wildman–Crippen MR) is 98.2 cm³/mol. The molecule has 0 spiro atoms. The lowest BCUT2D eigenvalue weighted by Crippen LogP contribution is -2.39. The van der Waals surface area contributed by atoms with Gasteiger partial charge in [0.05, 0.1) is 17.8 Å². The smallest absolute Gasteiger partial charge is 0.256 e. The first-order chi connectivity index (χ1) is 12.2. The third-order valence-corrected chi connectivity index (χ3v) is 4.71. The maximum Gasteiger partial charge on any atom is 0.256 e. The molecule has 3 rings (SSSR count). The fourth-order valence-corrected chi connectivity index (χ4v) is 3.23. The van der Waals surface area contributed by atoms with E-state index in [1.54, 1.807) is 4.90 Å². The fourth-order valence-electron chi connectivity index (χ4n) is 3.23. The number of nitrogens with zero attached hydrogens (tertiary/aromatic N) is 2. The number of amides is 1. The largest absolute Gasteiger partial charge is 0.338 e. The van der Waals surface area contributed by atoms with Gasteiger partial charge in [-0.15, -0.1) is 0 Å². The van der Waals surface area contributed by atoms with Gasteiger partial charge < -0.3 is 9.88 Å². The predicted octanol–water partition coefficient (Wildman–Crippen LogP) is 3.29. The van der Waals surface area contributed by atoms with Gasteiger partial charge in [-0.25, -0.2) is 4.98 Å². The maximum absolute atomic E-state index is 12.5. The second kappa shape index (κ2) is 8.10. The van der Waals surface area contributed by atoms with E-state index in [0.717, 1.165) is 30.5 Å². The number of aromatic nitrogens is 2. The van der Waals surface area contributed by atoms with E-state index in [4.69, 9.17) is 0 Å². The summed E-state index contributed by atoms with van der Waals surface area (Å²) in [6.45, 7) is 3.18. The summed E-state index contributed by atoms with van der Waals surface area (Å²) in [5.74, 6) is 0.747. The number of H-pyrrole nitrogens is 1. The van der Waals surface area contributed by atoms with Crippen molar-refractivity contribution in [3.63, 3.8) is 0 Å². The van der Waals surface area contributed by atoms with Gasteiger partial charge in [-0.2, -0.15) is 0 Å². The van der Waals surface area contributed by atoms with Gasteiger partial charge in [-0.05, 0) is 6.42 Å². The standard InChI is InChI=1S/C20H25N3O2/c1-2-3-4-8-11-18(24)23-13-12-17-16(14-23)20(25)22-19(21-17)15-9-6-5-7-10-15/h5-7,9-10H,2-4,8,11-14H2,1H3,(H,21,22,25). The molecule has 1 aromatic heterocycles. The number of carbonyl (C=O) groups is 1. The Morgan fingerprint density at radius 1 is 1.20 bits per heavy atom. The zero-order valence-corrected chi connectivity index (χ0v) is 14.8. The Morgan fingerprint density at radius 2 is 2.00 bits per heavy atom. The number of rotatable bonds is 6. The second-order valence-electron chi connectivity index (χ2n) is 6.58. The Kier molecular flexibility index (Phi) is 5.64. The summed E-state index contributed by atoms with van der Waals surface area (Å²) >= 11 is 0. The molecule has 2 heterocycles. The van der Waals surface area contributed by atoms with Crippen LogP contribution in [0.15, 0.2) is 35.1 Å². The highest BCUT2D eigenvalue weighted by molar-refractivity contribution is 5.76. The molecule has 1 aliphatic heterocycles. The maximum atomic E-state index is 12.5. The summed E-state index contributed by atoms with van der Waals surface area (Å²) in [4.78, 5) is 34.2. The van der Waals surface area contributed by atoms with E-state index in [-0.39, 0.29) is 11.5 Å². The van der Waals surface area contributed by atoms with E-state index in [1.165, 1.54) is 6.42 Å². The van der Waals surface area contributed by atoms with Crippen molar-refractivity contribution in [2.24, 2.45) is 0 Å². The zero-order chi connectivity index (χ0) is 17.6. The van der Waals surface area contributed by atoms with Crippen LogP contribution in [0.1, 0.15) is 50.3 Å². The van der Waals surface area contributed by atoms with E-state index < -0.39 is 0 Å². The van der Waals surface area contributed by atoms with E-state index in [0.29, 0.717) is 37.3 Å². The van der Waals surface area contributed by atoms with E-state index in [2.05, 4.69) is 16.9 Å². The van der Waals surface area contributed by atoms with Gasteiger partial charge in [0.2, 0.25) is 5.91 Å². The van der Waals surface area contributed by atoms with Gasteiger partial charge in [0.25, 0.3) is 5.56 Å². The number of hydrogen-bond acceptors (Lipinski definition) is 3. The van der Waals surface area contributed by atoms with Crippen molar-refractivity contribution in [2.45, 2.75) is 52.0 Å². The monoisotopic (exact) mass is 339 g/mol. The Bertz CT molecular complexity index is 783. The molecule has 1 aromatic carbocycles. The van der Waals surface area contributed by atoms with Crippen LogP contribution in [0, 0.1) is 0 Å². The quantitative estimate of drug-likeness (QED) is 0.821. The molecule has 0 fully saturated rings. The van der Waals surface area contributed by atoms with Crippen LogP contribution < -0.4 is 5.56 Å². The Labute approximate surface area is 148 Å². The molecule has 2 aromatic rings. The number of aromatic amines is 1. The molecule has 5 heteroatoms. The van der Waals surface area contributed by atoms with Crippen molar-refractivity contribution >= 4 is 5.91 Å². The summed E-state index contributed by atoms with van der Waals surface area (Å²) < 4.78 is 0. The topological polar surface area (TPSA) is 66.1 Å². The van der Waals surface area contributed by atoms with Crippen LogP contribution in [0.2, 0.25) is 0 Å². The number of fused-ring (bicyclic) bond motifs is 1. The lowest BCUT2D eigenvalue weighted by Gasteiger charge is -2.28. The van der Waals surface area contributed by atoms with Crippen LogP contribution in [0.5, 0.6) is 0 Å². The van der Waals surface area contributed by atoms with E-state index in [9.17, 15) is 9.59 Å². The molecule has 1 amide bonds. The minimum Gasteiger partial charge on any atom is -0.338 e. The number of hydrogen-bond donors (Lipinski definition) is 1. The van der Waals surface area contributed by atoms with E-state index in [1.807, 2.05) is 30.3 Å². The average Bonchev–Trinajstić information content (AvgIpc) is 2.65. The highest BCUT2D eigenvalue weighted by Crippen LogP contribution is 2.19. The van der Waals surface area contributed by atoms with Crippen LogP contribution in [-0.4, -0.2) is 27.3 Å². The SMILES string of the molecule is CCCCCCC(=O)N1CCc2nc(-c3ccccc3)[nH]c(=O)c2C1. The fraction of sp³-hybridized carbons (Fsp3) is 0.450. The summed E-state index contributed by atoms with van der Waals surface area (Å²) in [5, 5.41) is 0. The third-order valence-electron chi connectivity index (χ3n) is 4.71. The van der Waals surface area contributed by atoms with Gasteiger partial charge in [0.1, 0.15) is 5.82 Å². The Morgan fingerprint density at radius 3 is 2.76 bits per heavy atom. The van der Waals surface area contributed by atoms with Gasteiger partial charge in [-0.1, -0.05) is 56.5 Å². The van der Waals surface area contributed by atoms with Crippen molar-refractivity contribution < 1.29 is 4.79 Å². The zero-order valence-electron chi connectivity index (χ0n) is 14.8. The average molecular weight is 339 g/mol. The highest BCUT2D eigenvalue weighted by atomic mass is 16.2. The molecule has 0 saturated carbocycles. The Hall–Kier alpha value is -2.43. The molecule has 132 valence electrons. The molecule has 25 heavy (non-hydrogen) atoms. The first-order valence-electron chi connectivity index (χ1n) is 9.14. The molecule has 0 atom stereocenters. The Balaban J connectivity index is 1.72. The molecule has 1 aliphatic rings. The highest BCUT2D eigenvalue weighted by Gasteiger charge is 2.24. The van der Waals surface area contributed by atoms with Crippen molar-refractivity contribution in [3.05, 3.63) is 51.9 Å². The van der Waals surface area contributed by atoms with Gasteiger partial charge in [0.15, 0.2) is 0 Å². The number of carbonyl (C=O) groups excluding carboxylic acids is 1. The molecule has 0 aliphatic carbocycles. The summed E-state index contributed by atoms with van der Waals surface area (Å²) in [5.41, 5.74) is 2.22. The molecule has 0 saturated heterocycles. The minimum atomic E-state index is -0.132. The second-order valence-corrected chi connectivity index (χ2v) is 6.58. The van der Waals surface area contributed by atoms with Crippen molar-refractivity contribution in [3.8, 4) is 11.4 Å². The van der Waals surface area contributed by atoms with Gasteiger partial charge in [0, 0.05) is 24.9 Å². The molecule has 0 radical (unpaired) electrons. The van der Waals surface area contributed by atoms with Crippen molar-refractivity contribution in [1.29, 1.82) is 0 Å². The van der Waals surface area contributed by atoms with Crippen LogP contribution >= 0.6 is 0 Å². The van der Waals surface area contributed by atoms with Gasteiger partial charge in [-0.3, -0.25) is 9.59 Å². The number of benzene rings is 1. The van der Waals surface area contributed by atoms with Crippen LogP contribution in [0.3, 0.4) is 0 Å². The van der Waals surface area contributed by atoms with Crippen LogP contribution in [0.25, 0.3) is 11.4 Å². The van der Waals surface area contributed by atoms with E-state index >= 15 is 0 Å².